The lowest BCUT2D eigenvalue weighted by atomic mass is 9.97. The molecule has 1 aromatic rings. The normalized spacial score (nSPS) is 20.1. The summed E-state index contributed by atoms with van der Waals surface area (Å²) in [6.07, 6.45) is -2.87. The molecule has 0 spiro atoms. The zero-order valence-electron chi connectivity index (χ0n) is 8.51. The van der Waals surface area contributed by atoms with Crippen LogP contribution in [0.5, 0.6) is 0 Å². The number of nitrogens with one attached hydrogen (secondary N) is 1. The highest BCUT2D eigenvalue weighted by atomic mass is 19.4. The van der Waals surface area contributed by atoms with Crippen molar-refractivity contribution in [2.45, 2.75) is 25.1 Å². The Kier molecular flexibility index (Phi) is 2.80. The summed E-state index contributed by atoms with van der Waals surface area (Å²) >= 11 is 0. The molecule has 1 aliphatic rings. The predicted octanol–water partition coefficient (Wildman–Crippen LogP) is 2.42. The van der Waals surface area contributed by atoms with Crippen molar-refractivity contribution in [2.75, 3.05) is 11.9 Å². The Morgan fingerprint density at radius 2 is 2.12 bits per heavy atom. The number of halogens is 3. The van der Waals surface area contributed by atoms with Crippen molar-refractivity contribution in [1.29, 1.82) is 0 Å². The fraction of sp³-hybridized carbons (Fsp3) is 0.455. The summed E-state index contributed by atoms with van der Waals surface area (Å²) in [6.45, 7) is -0.0598. The molecule has 0 saturated heterocycles. The van der Waals surface area contributed by atoms with Crippen molar-refractivity contribution in [3.8, 4) is 0 Å². The first kappa shape index (κ1) is 11.3. The first-order chi connectivity index (χ1) is 7.50. The minimum absolute atomic E-state index is 0.0598. The average molecular weight is 231 g/mol. The Hall–Kier alpha value is -1.23. The second kappa shape index (κ2) is 3.97. The van der Waals surface area contributed by atoms with Gasteiger partial charge in [0.25, 0.3) is 0 Å². The standard InChI is InChI=1S/C11H12F3NO/c12-11(13,14)8-3-1-7-2-4-9(6-16)15-10(7)5-8/h1,3,5,9,15-16H,2,4,6H2. The summed E-state index contributed by atoms with van der Waals surface area (Å²) < 4.78 is 37.4. The molecule has 16 heavy (non-hydrogen) atoms. The molecule has 0 radical (unpaired) electrons. The van der Waals surface area contributed by atoms with Crippen molar-refractivity contribution >= 4 is 5.69 Å². The molecule has 0 amide bonds. The molecule has 2 N–H and O–H groups in total. The molecule has 2 rings (SSSR count). The summed E-state index contributed by atoms with van der Waals surface area (Å²) in [5.74, 6) is 0. The molecule has 0 aromatic heterocycles. The van der Waals surface area contributed by atoms with E-state index in [-0.39, 0.29) is 12.6 Å². The van der Waals surface area contributed by atoms with Crippen molar-refractivity contribution in [3.63, 3.8) is 0 Å². The van der Waals surface area contributed by atoms with E-state index in [1.807, 2.05) is 0 Å². The van der Waals surface area contributed by atoms with Crippen LogP contribution in [0.4, 0.5) is 18.9 Å². The number of alkyl halides is 3. The molecule has 0 fully saturated rings. The maximum Gasteiger partial charge on any atom is 0.416 e. The van der Waals surface area contributed by atoms with E-state index in [1.165, 1.54) is 6.07 Å². The first-order valence-electron chi connectivity index (χ1n) is 5.08. The number of aliphatic hydroxyl groups is 1. The molecule has 1 atom stereocenters. The molecule has 1 heterocycles. The van der Waals surface area contributed by atoms with Gasteiger partial charge in [0, 0.05) is 11.7 Å². The SMILES string of the molecule is OCC1CCc2ccc(C(F)(F)F)cc2N1. The van der Waals surface area contributed by atoms with Crippen LogP contribution in [0.3, 0.4) is 0 Å². The predicted molar refractivity (Wildman–Crippen MR) is 54.3 cm³/mol. The van der Waals surface area contributed by atoms with E-state index in [2.05, 4.69) is 5.32 Å². The van der Waals surface area contributed by atoms with Crippen LogP contribution in [0.15, 0.2) is 18.2 Å². The smallest absolute Gasteiger partial charge is 0.394 e. The lowest BCUT2D eigenvalue weighted by Crippen LogP contribution is -2.29. The summed E-state index contributed by atoms with van der Waals surface area (Å²) in [4.78, 5) is 0. The number of fused-ring (bicyclic) bond motifs is 1. The number of hydrogen-bond acceptors (Lipinski definition) is 2. The Morgan fingerprint density at radius 3 is 2.75 bits per heavy atom. The minimum Gasteiger partial charge on any atom is -0.394 e. The van der Waals surface area contributed by atoms with Crippen LogP contribution in [0.2, 0.25) is 0 Å². The average Bonchev–Trinajstić information content (AvgIpc) is 2.26. The topological polar surface area (TPSA) is 32.3 Å². The van der Waals surface area contributed by atoms with Gasteiger partial charge in [-0.05, 0) is 30.5 Å². The fourth-order valence-corrected chi connectivity index (χ4v) is 1.86. The number of anilines is 1. The van der Waals surface area contributed by atoms with Crippen molar-refractivity contribution in [1.82, 2.24) is 0 Å². The van der Waals surface area contributed by atoms with Gasteiger partial charge in [-0.15, -0.1) is 0 Å². The third-order valence-corrected chi connectivity index (χ3v) is 2.78. The van der Waals surface area contributed by atoms with Gasteiger partial charge in [-0.25, -0.2) is 0 Å². The maximum atomic E-state index is 12.5. The maximum absolute atomic E-state index is 12.5. The number of benzene rings is 1. The quantitative estimate of drug-likeness (QED) is 0.778. The Balaban J connectivity index is 2.31. The molecule has 0 saturated carbocycles. The van der Waals surface area contributed by atoms with Crippen LogP contribution in [0.1, 0.15) is 17.5 Å². The molecule has 0 aliphatic carbocycles. The van der Waals surface area contributed by atoms with Gasteiger partial charge >= 0.3 is 6.18 Å². The molecule has 1 aliphatic heterocycles. The number of rotatable bonds is 1. The molecule has 88 valence electrons. The second-order valence-corrected chi connectivity index (χ2v) is 3.93. The third-order valence-electron chi connectivity index (χ3n) is 2.78. The highest BCUT2D eigenvalue weighted by Crippen LogP contribution is 2.34. The van der Waals surface area contributed by atoms with Gasteiger partial charge in [-0.3, -0.25) is 0 Å². The molecular weight excluding hydrogens is 219 g/mol. The highest BCUT2D eigenvalue weighted by molar-refractivity contribution is 5.56. The third kappa shape index (κ3) is 2.14. The van der Waals surface area contributed by atoms with Gasteiger partial charge in [0.1, 0.15) is 0 Å². The van der Waals surface area contributed by atoms with Gasteiger partial charge in [0.05, 0.1) is 12.2 Å². The highest BCUT2D eigenvalue weighted by Gasteiger charge is 2.31. The van der Waals surface area contributed by atoms with E-state index in [0.29, 0.717) is 12.1 Å². The van der Waals surface area contributed by atoms with Crippen molar-refractivity contribution < 1.29 is 18.3 Å². The zero-order chi connectivity index (χ0) is 11.8. The number of aliphatic hydroxyl groups excluding tert-OH is 1. The Labute approximate surface area is 91.1 Å². The van der Waals surface area contributed by atoms with Gasteiger partial charge in [0.2, 0.25) is 0 Å². The lowest BCUT2D eigenvalue weighted by molar-refractivity contribution is -0.137. The van der Waals surface area contributed by atoms with E-state index in [9.17, 15) is 13.2 Å². The van der Waals surface area contributed by atoms with Crippen LogP contribution in [0, 0.1) is 0 Å². The van der Waals surface area contributed by atoms with Crippen molar-refractivity contribution in [2.24, 2.45) is 0 Å². The molecule has 2 nitrogen and oxygen atoms in total. The first-order valence-corrected chi connectivity index (χ1v) is 5.08. The van der Waals surface area contributed by atoms with Crippen LogP contribution < -0.4 is 5.32 Å². The monoisotopic (exact) mass is 231 g/mol. The number of hydrogen-bond donors (Lipinski definition) is 2. The van der Waals surface area contributed by atoms with E-state index in [4.69, 9.17) is 5.11 Å². The van der Waals surface area contributed by atoms with Crippen LogP contribution in [0.25, 0.3) is 0 Å². The molecule has 0 bridgehead atoms. The largest absolute Gasteiger partial charge is 0.416 e. The summed E-state index contributed by atoms with van der Waals surface area (Å²) in [7, 11) is 0. The van der Waals surface area contributed by atoms with Crippen molar-refractivity contribution in [3.05, 3.63) is 29.3 Å². The van der Waals surface area contributed by atoms with Gasteiger partial charge < -0.3 is 10.4 Å². The number of aryl methyl sites for hydroxylation is 1. The Morgan fingerprint density at radius 1 is 1.38 bits per heavy atom. The lowest BCUT2D eigenvalue weighted by Gasteiger charge is -2.26. The van der Waals surface area contributed by atoms with E-state index >= 15 is 0 Å². The second-order valence-electron chi connectivity index (χ2n) is 3.93. The zero-order valence-corrected chi connectivity index (χ0v) is 8.51. The van der Waals surface area contributed by atoms with E-state index in [1.54, 1.807) is 0 Å². The summed E-state index contributed by atoms with van der Waals surface area (Å²) in [5.41, 5.74) is 0.704. The molecule has 1 unspecified atom stereocenters. The summed E-state index contributed by atoms with van der Waals surface area (Å²) in [5, 5.41) is 11.9. The minimum atomic E-state index is -4.32. The van der Waals surface area contributed by atoms with E-state index < -0.39 is 11.7 Å². The van der Waals surface area contributed by atoms with Crippen LogP contribution >= 0.6 is 0 Å². The summed E-state index contributed by atoms with van der Waals surface area (Å²) in [6, 6.07) is 3.56. The fourth-order valence-electron chi connectivity index (χ4n) is 1.86. The van der Waals surface area contributed by atoms with Gasteiger partial charge in [-0.2, -0.15) is 13.2 Å². The molecule has 5 heteroatoms. The van der Waals surface area contributed by atoms with Crippen LogP contribution in [-0.2, 0) is 12.6 Å². The van der Waals surface area contributed by atoms with Gasteiger partial charge in [0.15, 0.2) is 0 Å². The van der Waals surface area contributed by atoms with E-state index in [0.717, 1.165) is 24.1 Å². The molecular formula is C11H12F3NO. The molecule has 1 aromatic carbocycles. The van der Waals surface area contributed by atoms with Gasteiger partial charge in [-0.1, -0.05) is 6.07 Å². The van der Waals surface area contributed by atoms with Crippen LogP contribution in [-0.4, -0.2) is 17.8 Å². The Bertz CT molecular complexity index is 389.